The Kier molecular flexibility index (Phi) is 6.84. The Bertz CT molecular complexity index is 962. The second-order valence-electron chi connectivity index (χ2n) is 8.85. The maximum absolute atomic E-state index is 13.1. The van der Waals surface area contributed by atoms with Gasteiger partial charge in [-0.15, -0.1) is 0 Å². The average molecular weight is 421 g/mol. The number of carbonyl (C=O) groups excluding carboxylic acids is 2. The molecule has 0 aromatic heterocycles. The largest absolute Gasteiger partial charge is 0.479 e. The molecule has 164 valence electrons. The Labute approximate surface area is 185 Å². The summed E-state index contributed by atoms with van der Waals surface area (Å²) in [5, 5.41) is 3.04. The molecule has 31 heavy (non-hydrogen) atoms. The zero-order valence-corrected chi connectivity index (χ0v) is 19.2. The van der Waals surface area contributed by atoms with Gasteiger partial charge < -0.3 is 15.0 Å². The molecule has 5 heteroatoms. The van der Waals surface area contributed by atoms with Gasteiger partial charge in [0.05, 0.1) is 6.42 Å². The summed E-state index contributed by atoms with van der Waals surface area (Å²) in [5.41, 5.74) is 4.89. The maximum Gasteiger partial charge on any atom is 0.290 e. The van der Waals surface area contributed by atoms with Crippen molar-refractivity contribution in [2.45, 2.75) is 52.1 Å². The van der Waals surface area contributed by atoms with E-state index in [1.54, 1.807) is 0 Å². The number of allylic oxidation sites excluding steroid dienone is 1. The van der Waals surface area contributed by atoms with Gasteiger partial charge in [0.15, 0.2) is 11.5 Å². The van der Waals surface area contributed by atoms with Crippen molar-refractivity contribution in [1.29, 1.82) is 0 Å². The van der Waals surface area contributed by atoms with Gasteiger partial charge >= 0.3 is 0 Å². The van der Waals surface area contributed by atoms with Gasteiger partial charge in [-0.25, -0.2) is 0 Å². The molecule has 1 unspecified atom stereocenters. The molecule has 3 rings (SSSR count). The number of amides is 1. The van der Waals surface area contributed by atoms with Gasteiger partial charge in [-0.1, -0.05) is 58.0 Å². The Morgan fingerprint density at radius 2 is 1.58 bits per heavy atom. The van der Waals surface area contributed by atoms with Crippen LogP contribution >= 0.6 is 0 Å². The van der Waals surface area contributed by atoms with Crippen LogP contribution in [0.3, 0.4) is 0 Å². The van der Waals surface area contributed by atoms with Gasteiger partial charge in [0.2, 0.25) is 0 Å². The van der Waals surface area contributed by atoms with Crippen LogP contribution in [0.4, 0.5) is 11.4 Å². The molecule has 1 aliphatic heterocycles. The minimum absolute atomic E-state index is 0.0613. The highest BCUT2D eigenvalue weighted by Crippen LogP contribution is 2.34. The zero-order chi connectivity index (χ0) is 22.7. The van der Waals surface area contributed by atoms with Crippen molar-refractivity contribution in [2.24, 2.45) is 0 Å². The van der Waals surface area contributed by atoms with Crippen molar-refractivity contribution in [1.82, 2.24) is 0 Å². The number of ether oxygens (including phenoxy) is 1. The lowest BCUT2D eigenvalue weighted by Gasteiger charge is -2.25. The fourth-order valence-corrected chi connectivity index (χ4v) is 3.78. The minimum atomic E-state index is -0.473. The molecule has 0 saturated heterocycles. The molecule has 0 radical (unpaired) electrons. The van der Waals surface area contributed by atoms with Gasteiger partial charge in [0, 0.05) is 31.5 Å². The lowest BCUT2D eigenvalue weighted by Crippen LogP contribution is -2.25. The van der Waals surface area contributed by atoms with Crippen LogP contribution in [0.1, 0.15) is 68.7 Å². The number of anilines is 2. The molecule has 1 atom stereocenters. The molecule has 1 heterocycles. The van der Waals surface area contributed by atoms with Gasteiger partial charge in [-0.05, 0) is 40.7 Å². The van der Waals surface area contributed by atoms with Crippen LogP contribution in [-0.2, 0) is 14.3 Å². The SMILES string of the molecule is CC(C)c1cccc(C(C)C)c1NC(=O)C1=CC(=O)CC(c2ccc(N(C)C)cc2)O1. The highest BCUT2D eigenvalue weighted by atomic mass is 16.5. The van der Waals surface area contributed by atoms with Crippen molar-refractivity contribution >= 4 is 23.1 Å². The summed E-state index contributed by atoms with van der Waals surface area (Å²) >= 11 is 0. The first-order valence-corrected chi connectivity index (χ1v) is 10.8. The van der Waals surface area contributed by atoms with Crippen LogP contribution < -0.4 is 10.2 Å². The molecular weight excluding hydrogens is 388 g/mol. The number of para-hydroxylation sites is 1. The highest BCUT2D eigenvalue weighted by Gasteiger charge is 2.28. The standard InChI is InChI=1S/C26H32N2O3/c1-16(2)21-8-7-9-22(17(3)4)25(21)27-26(30)24-15-20(29)14-23(31-24)18-10-12-19(13-11-18)28(5)6/h7-13,15-17,23H,14H2,1-6H3,(H,27,30). The lowest BCUT2D eigenvalue weighted by atomic mass is 9.92. The molecule has 1 aliphatic rings. The van der Waals surface area contributed by atoms with Gasteiger partial charge in [-0.2, -0.15) is 0 Å². The number of hydrogen-bond acceptors (Lipinski definition) is 4. The summed E-state index contributed by atoms with van der Waals surface area (Å²) in [6, 6.07) is 13.9. The number of hydrogen-bond donors (Lipinski definition) is 1. The summed E-state index contributed by atoms with van der Waals surface area (Å²) in [6.45, 7) is 8.40. The van der Waals surface area contributed by atoms with Crippen molar-refractivity contribution in [3.05, 3.63) is 71.0 Å². The van der Waals surface area contributed by atoms with Crippen LogP contribution in [0.5, 0.6) is 0 Å². The molecule has 1 amide bonds. The summed E-state index contributed by atoms with van der Waals surface area (Å²) in [6.07, 6.45) is 1.06. The first kappa shape index (κ1) is 22.6. The molecule has 2 aromatic rings. The van der Waals surface area contributed by atoms with Crippen molar-refractivity contribution < 1.29 is 14.3 Å². The molecule has 0 saturated carbocycles. The topological polar surface area (TPSA) is 58.6 Å². The summed E-state index contributed by atoms with van der Waals surface area (Å²) < 4.78 is 5.99. The van der Waals surface area contributed by atoms with Crippen molar-refractivity contribution in [3.63, 3.8) is 0 Å². The third kappa shape index (κ3) is 5.16. The summed E-state index contributed by atoms with van der Waals surface area (Å²) in [7, 11) is 3.95. The smallest absolute Gasteiger partial charge is 0.290 e. The van der Waals surface area contributed by atoms with E-state index in [1.807, 2.05) is 61.5 Å². The van der Waals surface area contributed by atoms with E-state index in [4.69, 9.17) is 4.74 Å². The van der Waals surface area contributed by atoms with Crippen molar-refractivity contribution in [3.8, 4) is 0 Å². The molecule has 1 N–H and O–H groups in total. The molecule has 5 nitrogen and oxygen atoms in total. The van der Waals surface area contributed by atoms with E-state index < -0.39 is 12.0 Å². The van der Waals surface area contributed by atoms with E-state index in [9.17, 15) is 9.59 Å². The number of ketones is 1. The van der Waals surface area contributed by atoms with Gasteiger partial charge in [0.1, 0.15) is 6.10 Å². The van der Waals surface area contributed by atoms with E-state index in [2.05, 4.69) is 33.0 Å². The van der Waals surface area contributed by atoms with Crippen LogP contribution in [0.25, 0.3) is 0 Å². The molecular formula is C26H32N2O3. The van der Waals surface area contributed by atoms with E-state index in [-0.39, 0.29) is 29.8 Å². The maximum atomic E-state index is 13.1. The van der Waals surface area contributed by atoms with E-state index >= 15 is 0 Å². The second-order valence-corrected chi connectivity index (χ2v) is 8.85. The molecule has 0 fully saturated rings. The van der Waals surface area contributed by atoms with Gasteiger partial charge in [0.25, 0.3) is 5.91 Å². The fourth-order valence-electron chi connectivity index (χ4n) is 3.78. The molecule has 0 spiro atoms. The van der Waals surface area contributed by atoms with E-state index in [0.717, 1.165) is 28.1 Å². The number of benzene rings is 2. The number of rotatable bonds is 6. The Hall–Kier alpha value is -3.08. The quantitative estimate of drug-likeness (QED) is 0.665. The summed E-state index contributed by atoms with van der Waals surface area (Å²) in [5.74, 6) is 0.0585. The van der Waals surface area contributed by atoms with Crippen molar-refractivity contribution in [2.75, 3.05) is 24.3 Å². The van der Waals surface area contributed by atoms with E-state index in [0.29, 0.717) is 0 Å². The van der Waals surface area contributed by atoms with E-state index in [1.165, 1.54) is 6.08 Å². The Morgan fingerprint density at radius 1 is 1.00 bits per heavy atom. The predicted octanol–water partition coefficient (Wildman–Crippen LogP) is 5.55. The Balaban J connectivity index is 1.85. The van der Waals surface area contributed by atoms with Crippen LogP contribution in [0.15, 0.2) is 54.3 Å². The van der Waals surface area contributed by atoms with Gasteiger partial charge in [-0.3, -0.25) is 9.59 Å². The predicted molar refractivity (Wildman–Crippen MR) is 126 cm³/mol. The third-order valence-electron chi connectivity index (χ3n) is 5.56. The minimum Gasteiger partial charge on any atom is -0.479 e. The highest BCUT2D eigenvalue weighted by molar-refractivity contribution is 6.08. The number of nitrogens with zero attached hydrogens (tertiary/aromatic N) is 1. The zero-order valence-electron chi connectivity index (χ0n) is 19.2. The van der Waals surface area contributed by atoms with Crippen LogP contribution in [0.2, 0.25) is 0 Å². The first-order chi connectivity index (χ1) is 14.7. The molecule has 2 aromatic carbocycles. The monoisotopic (exact) mass is 420 g/mol. The third-order valence-corrected chi connectivity index (χ3v) is 5.56. The number of nitrogens with one attached hydrogen (secondary N) is 1. The van der Waals surface area contributed by atoms with Crippen LogP contribution in [-0.4, -0.2) is 25.8 Å². The normalized spacial score (nSPS) is 16.2. The summed E-state index contributed by atoms with van der Waals surface area (Å²) in [4.78, 5) is 27.5. The molecule has 0 bridgehead atoms. The first-order valence-electron chi connectivity index (χ1n) is 10.8. The number of carbonyl (C=O) groups is 2. The van der Waals surface area contributed by atoms with Crippen LogP contribution in [0, 0.1) is 0 Å². The Morgan fingerprint density at radius 3 is 2.10 bits per heavy atom. The second kappa shape index (κ2) is 9.38. The molecule has 0 aliphatic carbocycles. The average Bonchev–Trinajstić information content (AvgIpc) is 2.73. The lowest BCUT2D eigenvalue weighted by molar-refractivity contribution is -0.124. The fraction of sp³-hybridized carbons (Fsp3) is 0.385.